The number of isothiocyanates is 1. The average molecular weight is 226 g/mol. The number of rotatable bonds is 0. The fourth-order valence-corrected chi connectivity index (χ4v) is 0. The molecule has 0 amide bonds. The van der Waals surface area contributed by atoms with E-state index >= 15 is 0 Å². The SMILES string of the molecule is CN=C=O.CN=C=S.CS(=O)(=O)O. The lowest BCUT2D eigenvalue weighted by atomic mass is 11.4. The van der Waals surface area contributed by atoms with Crippen molar-refractivity contribution < 1.29 is 17.8 Å². The normalized spacial score (nSPS) is 7.08. The molecule has 0 aliphatic rings. The first-order valence-corrected chi connectivity index (χ1v) is 4.93. The van der Waals surface area contributed by atoms with Gasteiger partial charge >= 0.3 is 0 Å². The Morgan fingerprint density at radius 1 is 1.31 bits per heavy atom. The number of carbonyl (C=O) groups excluding carboxylic acids is 1. The molecule has 0 aromatic rings. The van der Waals surface area contributed by atoms with Crippen molar-refractivity contribution in [2.75, 3.05) is 20.4 Å². The Morgan fingerprint density at radius 3 is 1.46 bits per heavy atom. The Morgan fingerprint density at radius 2 is 1.46 bits per heavy atom. The second-order valence-electron chi connectivity index (χ2n) is 1.36. The first-order valence-electron chi connectivity index (χ1n) is 2.67. The van der Waals surface area contributed by atoms with Crippen molar-refractivity contribution in [1.29, 1.82) is 0 Å². The third-order valence-electron chi connectivity index (χ3n) is 0.183. The smallest absolute Gasteiger partial charge is 0.261 e. The van der Waals surface area contributed by atoms with Crippen molar-refractivity contribution in [3.63, 3.8) is 0 Å². The van der Waals surface area contributed by atoms with Crippen LogP contribution in [0.5, 0.6) is 0 Å². The van der Waals surface area contributed by atoms with Crippen LogP contribution in [0.15, 0.2) is 9.98 Å². The largest absolute Gasteiger partial charge is 0.286 e. The molecule has 0 aromatic carbocycles. The monoisotopic (exact) mass is 226 g/mol. The third kappa shape index (κ3) is 771. The first-order chi connectivity index (χ1) is 5.83. The van der Waals surface area contributed by atoms with Gasteiger partial charge in [0.2, 0.25) is 6.08 Å². The Bertz CT molecular complexity index is 262. The molecule has 13 heavy (non-hydrogen) atoms. The van der Waals surface area contributed by atoms with Gasteiger partial charge < -0.3 is 0 Å². The van der Waals surface area contributed by atoms with Crippen LogP contribution in [0.25, 0.3) is 0 Å². The maximum atomic E-state index is 9.19. The standard InChI is InChI=1S/C2H3NO.C2H3NS.CH4O3S/c2*1-3-2-4;1-5(2,3)4/h2*1H3;1H3,(H,2,3,4). The van der Waals surface area contributed by atoms with Crippen molar-refractivity contribution >= 4 is 33.6 Å². The predicted molar refractivity (Wildman–Crippen MR) is 52.5 cm³/mol. The first kappa shape index (κ1) is 18.0. The van der Waals surface area contributed by atoms with Crippen LogP contribution in [0.3, 0.4) is 0 Å². The maximum absolute atomic E-state index is 9.19. The van der Waals surface area contributed by atoms with Gasteiger partial charge in [0.15, 0.2) is 0 Å². The highest BCUT2D eigenvalue weighted by Gasteiger charge is 1.81. The van der Waals surface area contributed by atoms with E-state index in [2.05, 4.69) is 27.4 Å². The zero-order valence-electron chi connectivity index (χ0n) is 7.38. The molecule has 0 aliphatic carbocycles. The van der Waals surface area contributed by atoms with Crippen LogP contribution in [0.2, 0.25) is 0 Å². The number of thiocarbonyl (C=S) groups is 1. The number of hydrogen-bond acceptors (Lipinski definition) is 6. The van der Waals surface area contributed by atoms with Gasteiger partial charge in [0, 0.05) is 14.1 Å². The molecule has 0 fully saturated rings. The second kappa shape index (κ2) is 13.7. The molecule has 0 aromatic heterocycles. The minimum Gasteiger partial charge on any atom is -0.286 e. The van der Waals surface area contributed by atoms with Crippen LogP contribution >= 0.6 is 12.2 Å². The van der Waals surface area contributed by atoms with E-state index in [1.807, 2.05) is 0 Å². The van der Waals surface area contributed by atoms with E-state index in [-0.39, 0.29) is 0 Å². The molecule has 8 heteroatoms. The van der Waals surface area contributed by atoms with Crippen LogP contribution in [-0.4, -0.2) is 44.6 Å². The summed E-state index contributed by atoms with van der Waals surface area (Å²) < 4.78 is 25.9. The molecule has 0 saturated heterocycles. The Kier molecular flexibility index (Phi) is 18.9. The third-order valence-corrected chi connectivity index (χ3v) is 0.365. The lowest BCUT2D eigenvalue weighted by molar-refractivity contribution is 0.490. The zero-order chi connectivity index (χ0) is 11.3. The highest BCUT2D eigenvalue weighted by Crippen LogP contribution is 1.60. The number of isocyanates is 1. The van der Waals surface area contributed by atoms with E-state index in [4.69, 9.17) is 9.35 Å². The van der Waals surface area contributed by atoms with Gasteiger partial charge in [-0.05, 0) is 12.2 Å². The van der Waals surface area contributed by atoms with Gasteiger partial charge in [-0.2, -0.15) is 8.42 Å². The summed E-state index contributed by atoms with van der Waals surface area (Å²) in [6.45, 7) is 0. The fourth-order valence-electron chi connectivity index (χ4n) is 0. The molecule has 0 unspecified atom stereocenters. The molecule has 0 heterocycles. The number of nitrogens with zero attached hydrogens (tertiary/aromatic N) is 2. The van der Waals surface area contributed by atoms with Gasteiger partial charge in [-0.3, -0.25) is 4.55 Å². The minimum absolute atomic E-state index is 0.715. The topological polar surface area (TPSA) is 96.2 Å². The van der Waals surface area contributed by atoms with Gasteiger partial charge in [-0.1, -0.05) is 0 Å². The summed E-state index contributed by atoms with van der Waals surface area (Å²) in [6.07, 6.45) is 2.02. The van der Waals surface area contributed by atoms with E-state index in [0.717, 1.165) is 0 Å². The molecule has 0 radical (unpaired) electrons. The van der Waals surface area contributed by atoms with Crippen molar-refractivity contribution in [1.82, 2.24) is 0 Å². The Hall–Kier alpha value is -0.910. The number of hydrogen-bond donors (Lipinski definition) is 1. The molecular formula is C5H10N2O4S2. The zero-order valence-corrected chi connectivity index (χ0v) is 9.02. The summed E-state index contributed by atoms with van der Waals surface area (Å²) in [5, 5.41) is 2.14. The van der Waals surface area contributed by atoms with Crippen molar-refractivity contribution in [3.05, 3.63) is 0 Å². The summed E-state index contributed by atoms with van der Waals surface area (Å²) in [4.78, 5) is 15.1. The van der Waals surface area contributed by atoms with Crippen LogP contribution in [-0.2, 0) is 14.9 Å². The quantitative estimate of drug-likeness (QED) is 0.275. The van der Waals surface area contributed by atoms with E-state index in [1.54, 1.807) is 7.05 Å². The van der Waals surface area contributed by atoms with E-state index in [1.165, 1.54) is 13.1 Å². The molecule has 0 spiro atoms. The lowest BCUT2D eigenvalue weighted by Gasteiger charge is -1.69. The van der Waals surface area contributed by atoms with Crippen molar-refractivity contribution in [3.8, 4) is 0 Å². The molecule has 0 saturated carbocycles. The van der Waals surface area contributed by atoms with Gasteiger partial charge in [0.1, 0.15) is 0 Å². The molecule has 0 atom stereocenters. The van der Waals surface area contributed by atoms with Crippen LogP contribution < -0.4 is 0 Å². The van der Waals surface area contributed by atoms with E-state index in [0.29, 0.717) is 6.26 Å². The van der Waals surface area contributed by atoms with Crippen LogP contribution in [0.4, 0.5) is 0 Å². The molecular weight excluding hydrogens is 216 g/mol. The lowest BCUT2D eigenvalue weighted by Crippen LogP contribution is -1.88. The highest BCUT2D eigenvalue weighted by molar-refractivity contribution is 7.85. The van der Waals surface area contributed by atoms with Crippen LogP contribution in [0.1, 0.15) is 0 Å². The summed E-state index contributed by atoms with van der Waals surface area (Å²) in [5.41, 5.74) is 0. The fraction of sp³-hybridized carbons (Fsp3) is 0.600. The Labute approximate surface area is 82.2 Å². The van der Waals surface area contributed by atoms with Gasteiger partial charge in [-0.15, -0.1) is 0 Å². The predicted octanol–water partition coefficient (Wildman–Crippen LogP) is 0.175. The van der Waals surface area contributed by atoms with Gasteiger partial charge in [0.05, 0.1) is 11.4 Å². The summed E-state index contributed by atoms with van der Waals surface area (Å²) in [5.74, 6) is 0. The summed E-state index contributed by atoms with van der Waals surface area (Å²) in [7, 11) is -0.694. The summed E-state index contributed by atoms with van der Waals surface area (Å²) >= 11 is 4.14. The molecule has 0 bridgehead atoms. The Balaban J connectivity index is -0.000000117. The molecule has 76 valence electrons. The maximum Gasteiger partial charge on any atom is 0.261 e. The molecule has 0 rings (SSSR count). The van der Waals surface area contributed by atoms with Gasteiger partial charge in [0.25, 0.3) is 10.1 Å². The van der Waals surface area contributed by atoms with E-state index < -0.39 is 10.1 Å². The molecule has 6 nitrogen and oxygen atoms in total. The number of aliphatic imine (C=N–C) groups is 2. The van der Waals surface area contributed by atoms with Crippen molar-refractivity contribution in [2.45, 2.75) is 0 Å². The van der Waals surface area contributed by atoms with Crippen molar-refractivity contribution in [2.24, 2.45) is 9.98 Å². The second-order valence-corrected chi connectivity index (χ2v) is 3.01. The van der Waals surface area contributed by atoms with E-state index in [9.17, 15) is 8.42 Å². The molecule has 1 N–H and O–H groups in total. The summed E-state index contributed by atoms with van der Waals surface area (Å²) in [6, 6.07) is 0. The molecule has 0 aliphatic heterocycles. The van der Waals surface area contributed by atoms with Crippen LogP contribution in [0, 0.1) is 0 Å². The minimum atomic E-state index is -3.67. The van der Waals surface area contributed by atoms with Gasteiger partial charge in [-0.25, -0.2) is 14.8 Å². The highest BCUT2D eigenvalue weighted by atomic mass is 32.2. The average Bonchev–Trinajstić information content (AvgIpc) is 2.01.